The van der Waals surface area contributed by atoms with Crippen molar-refractivity contribution in [2.24, 2.45) is 11.8 Å². The van der Waals surface area contributed by atoms with Crippen molar-refractivity contribution in [1.82, 2.24) is 0 Å². The minimum Gasteiger partial charge on any atom is -0.507 e. The van der Waals surface area contributed by atoms with Crippen molar-refractivity contribution >= 4 is 11.8 Å². The van der Waals surface area contributed by atoms with Crippen LogP contribution in [0.5, 0.6) is 0 Å². The van der Waals surface area contributed by atoms with Crippen molar-refractivity contribution in [3.8, 4) is 0 Å². The van der Waals surface area contributed by atoms with Gasteiger partial charge in [0.2, 0.25) is 0 Å². The molecule has 0 spiro atoms. The first-order valence-corrected chi connectivity index (χ1v) is 10.8. The van der Waals surface area contributed by atoms with Crippen LogP contribution in [0.25, 0.3) is 0 Å². The molecule has 0 aromatic rings. The van der Waals surface area contributed by atoms with Gasteiger partial charge in [-0.3, -0.25) is 9.59 Å². The average molecular weight is 383 g/mol. The summed E-state index contributed by atoms with van der Waals surface area (Å²) in [7, 11) is 0. The van der Waals surface area contributed by atoms with Gasteiger partial charge in [-0.15, -0.1) is 0 Å². The number of cyclic esters (lactones) is 1. The molecule has 1 aliphatic heterocycles. The molecule has 0 saturated heterocycles. The van der Waals surface area contributed by atoms with E-state index < -0.39 is 24.3 Å². The number of Topliss-reactive ketones (excluding diaryl/α,β-unsaturated/α-hetero) is 1. The number of hydrogen-bond donors (Lipinski definition) is 2. The van der Waals surface area contributed by atoms with E-state index in [2.05, 4.69) is 13.8 Å². The molecule has 1 heterocycles. The Hall–Kier alpha value is -1.36. The molecule has 1 rings (SSSR count). The standard InChI is InChI=1S/C22H38O5/c1-3-17(2)14-12-10-8-6-4-5-7-9-11-13-15-18(24)20-21(25)19(16-23)27-22(20)26/h17,20,23,25H,3-16H2,1-2H3. The van der Waals surface area contributed by atoms with Crippen molar-refractivity contribution in [2.45, 2.75) is 97.3 Å². The molecule has 0 radical (unpaired) electrons. The van der Waals surface area contributed by atoms with E-state index in [1.165, 1.54) is 57.8 Å². The first kappa shape index (κ1) is 23.7. The molecule has 0 fully saturated rings. The van der Waals surface area contributed by atoms with E-state index in [-0.39, 0.29) is 18.0 Å². The van der Waals surface area contributed by atoms with Crippen LogP contribution in [0.4, 0.5) is 0 Å². The third kappa shape index (κ3) is 8.91. The maximum Gasteiger partial charge on any atom is 0.329 e. The van der Waals surface area contributed by atoms with Gasteiger partial charge in [0.15, 0.2) is 23.2 Å². The number of aliphatic hydroxyl groups excluding tert-OH is 2. The van der Waals surface area contributed by atoms with Gasteiger partial charge >= 0.3 is 5.97 Å². The second-order valence-corrected chi connectivity index (χ2v) is 7.87. The molecule has 2 unspecified atom stereocenters. The SMILES string of the molecule is CCC(C)CCCCCCCCCCCCC(=O)C1C(=O)OC(CO)=C1O. The molecule has 0 aromatic heterocycles. The zero-order chi connectivity index (χ0) is 20.1. The molecule has 156 valence electrons. The Morgan fingerprint density at radius 3 is 2.00 bits per heavy atom. The van der Waals surface area contributed by atoms with Crippen molar-refractivity contribution < 1.29 is 24.5 Å². The highest BCUT2D eigenvalue weighted by Crippen LogP contribution is 2.26. The van der Waals surface area contributed by atoms with Crippen LogP contribution in [-0.4, -0.2) is 28.6 Å². The molecular weight excluding hydrogens is 344 g/mol. The largest absolute Gasteiger partial charge is 0.507 e. The lowest BCUT2D eigenvalue weighted by atomic mass is 9.97. The van der Waals surface area contributed by atoms with Gasteiger partial charge in [0.25, 0.3) is 0 Å². The Morgan fingerprint density at radius 1 is 1.00 bits per heavy atom. The minimum atomic E-state index is -1.23. The van der Waals surface area contributed by atoms with Crippen LogP contribution in [0.3, 0.4) is 0 Å². The molecule has 0 aromatic carbocycles. The number of carbonyl (C=O) groups excluding carboxylic acids is 2. The Balaban J connectivity index is 1.97. The number of ketones is 1. The summed E-state index contributed by atoms with van der Waals surface area (Å²) < 4.78 is 4.70. The highest BCUT2D eigenvalue weighted by Gasteiger charge is 2.40. The Labute approximate surface area is 164 Å². The first-order valence-electron chi connectivity index (χ1n) is 10.8. The van der Waals surface area contributed by atoms with Crippen LogP contribution >= 0.6 is 0 Å². The third-order valence-corrected chi connectivity index (χ3v) is 5.55. The molecule has 2 N–H and O–H groups in total. The van der Waals surface area contributed by atoms with Gasteiger partial charge in [0, 0.05) is 6.42 Å². The van der Waals surface area contributed by atoms with E-state index >= 15 is 0 Å². The number of unbranched alkanes of at least 4 members (excludes halogenated alkanes) is 9. The molecule has 2 atom stereocenters. The summed E-state index contributed by atoms with van der Waals surface area (Å²) >= 11 is 0. The fourth-order valence-corrected chi connectivity index (χ4v) is 3.46. The van der Waals surface area contributed by atoms with E-state index in [1.807, 2.05) is 0 Å². The van der Waals surface area contributed by atoms with E-state index in [1.54, 1.807) is 0 Å². The number of aliphatic hydroxyl groups is 2. The maximum atomic E-state index is 12.1. The summed E-state index contributed by atoms with van der Waals surface area (Å²) in [5.74, 6) is -2.07. The number of esters is 1. The maximum absolute atomic E-state index is 12.1. The van der Waals surface area contributed by atoms with Gasteiger partial charge in [-0.25, -0.2) is 0 Å². The topological polar surface area (TPSA) is 83.8 Å². The highest BCUT2D eigenvalue weighted by atomic mass is 16.6. The summed E-state index contributed by atoms with van der Waals surface area (Å²) in [4.78, 5) is 23.7. The van der Waals surface area contributed by atoms with Crippen molar-refractivity contribution in [3.05, 3.63) is 11.5 Å². The van der Waals surface area contributed by atoms with Crippen LogP contribution in [0.1, 0.15) is 97.3 Å². The summed E-state index contributed by atoms with van der Waals surface area (Å²) in [6, 6.07) is 0. The Bertz CT molecular complexity index is 483. The molecule has 0 bridgehead atoms. The molecule has 0 saturated carbocycles. The number of hydrogen-bond acceptors (Lipinski definition) is 5. The average Bonchev–Trinajstić information content (AvgIpc) is 2.95. The molecule has 0 aliphatic carbocycles. The van der Waals surface area contributed by atoms with Crippen LogP contribution in [-0.2, 0) is 14.3 Å². The van der Waals surface area contributed by atoms with Gasteiger partial charge in [-0.2, -0.15) is 0 Å². The Morgan fingerprint density at radius 2 is 1.52 bits per heavy atom. The minimum absolute atomic E-state index is 0.196. The second-order valence-electron chi connectivity index (χ2n) is 7.87. The predicted molar refractivity (Wildman–Crippen MR) is 106 cm³/mol. The van der Waals surface area contributed by atoms with Gasteiger partial charge in [-0.05, 0) is 12.3 Å². The van der Waals surface area contributed by atoms with E-state index in [0.29, 0.717) is 0 Å². The number of ether oxygens (including phenoxy) is 1. The molecule has 27 heavy (non-hydrogen) atoms. The van der Waals surface area contributed by atoms with Gasteiger partial charge in [0.1, 0.15) is 6.61 Å². The summed E-state index contributed by atoms with van der Waals surface area (Å²) in [6.07, 6.45) is 14.8. The molecular formula is C22H38O5. The molecule has 1 aliphatic rings. The monoisotopic (exact) mass is 382 g/mol. The first-order chi connectivity index (χ1) is 13.0. The summed E-state index contributed by atoms with van der Waals surface area (Å²) in [5, 5.41) is 18.7. The molecule has 5 heteroatoms. The third-order valence-electron chi connectivity index (χ3n) is 5.55. The quantitative estimate of drug-likeness (QED) is 0.217. The van der Waals surface area contributed by atoms with Crippen LogP contribution in [0, 0.1) is 11.8 Å². The highest BCUT2D eigenvalue weighted by molar-refractivity contribution is 6.03. The second kappa shape index (κ2) is 13.8. The fourth-order valence-electron chi connectivity index (χ4n) is 3.46. The Kier molecular flexibility index (Phi) is 12.1. The van der Waals surface area contributed by atoms with Gasteiger partial charge in [-0.1, -0.05) is 84.5 Å². The fraction of sp³-hybridized carbons (Fsp3) is 0.818. The van der Waals surface area contributed by atoms with Crippen molar-refractivity contribution in [3.63, 3.8) is 0 Å². The molecule has 5 nitrogen and oxygen atoms in total. The molecule has 0 amide bonds. The summed E-state index contributed by atoms with van der Waals surface area (Å²) in [5.41, 5.74) is 0. The van der Waals surface area contributed by atoms with Crippen LogP contribution in [0.15, 0.2) is 11.5 Å². The smallest absolute Gasteiger partial charge is 0.329 e. The van der Waals surface area contributed by atoms with Gasteiger partial charge in [0.05, 0.1) is 0 Å². The van der Waals surface area contributed by atoms with E-state index in [4.69, 9.17) is 9.84 Å². The normalized spacial score (nSPS) is 18.0. The van der Waals surface area contributed by atoms with Gasteiger partial charge < -0.3 is 14.9 Å². The van der Waals surface area contributed by atoms with Crippen molar-refractivity contribution in [2.75, 3.05) is 6.61 Å². The zero-order valence-electron chi connectivity index (χ0n) is 17.2. The number of rotatable bonds is 16. The predicted octanol–water partition coefficient (Wildman–Crippen LogP) is 5.22. The lowest BCUT2D eigenvalue weighted by Gasteiger charge is -2.07. The van der Waals surface area contributed by atoms with Crippen LogP contribution in [0.2, 0.25) is 0 Å². The lowest BCUT2D eigenvalue weighted by Crippen LogP contribution is -2.22. The number of carbonyl (C=O) groups is 2. The zero-order valence-corrected chi connectivity index (χ0v) is 17.2. The summed E-state index contributed by atoms with van der Waals surface area (Å²) in [6.45, 7) is 4.02. The van der Waals surface area contributed by atoms with Crippen molar-refractivity contribution in [1.29, 1.82) is 0 Å². The van der Waals surface area contributed by atoms with E-state index in [9.17, 15) is 14.7 Å². The van der Waals surface area contributed by atoms with E-state index in [0.717, 1.165) is 25.2 Å². The van der Waals surface area contributed by atoms with Crippen LogP contribution < -0.4 is 0 Å². The lowest BCUT2D eigenvalue weighted by molar-refractivity contribution is -0.144.